The largest absolute Gasteiger partial charge is 0.494 e. The van der Waals surface area contributed by atoms with Crippen molar-refractivity contribution in [2.45, 2.75) is 27.5 Å². The van der Waals surface area contributed by atoms with Crippen LogP contribution in [0.4, 0.5) is 0 Å². The maximum absolute atomic E-state index is 12.7. The molecule has 0 unspecified atom stereocenters. The number of ether oxygens (including phenoxy) is 1. The Kier molecular flexibility index (Phi) is 7.87. The van der Waals surface area contributed by atoms with Crippen molar-refractivity contribution in [2.75, 3.05) is 18.1 Å². The molecule has 0 aliphatic heterocycles. The first-order valence-corrected chi connectivity index (χ1v) is 10.9. The highest BCUT2D eigenvalue weighted by atomic mass is 32.2. The van der Waals surface area contributed by atoms with Gasteiger partial charge in [-0.1, -0.05) is 0 Å². The van der Waals surface area contributed by atoms with E-state index in [4.69, 9.17) is 4.74 Å². The van der Waals surface area contributed by atoms with Crippen LogP contribution in [0.1, 0.15) is 12.8 Å². The number of thioether (sulfide) groups is 1. The second-order valence-corrected chi connectivity index (χ2v) is 8.74. The first-order valence-electron chi connectivity index (χ1n) is 7.83. The molecule has 0 bridgehead atoms. The lowest BCUT2D eigenvalue weighted by atomic mass is 10.3. The van der Waals surface area contributed by atoms with Gasteiger partial charge in [0.25, 0.3) is 0 Å². The summed E-state index contributed by atoms with van der Waals surface area (Å²) >= 11 is 5.64. The third-order valence-electron chi connectivity index (χ3n) is 3.34. The SMILES string of the molecule is O=CCCSc1ccc(S(=O)(=O)c2ccc(OCCCS)cc2)cc1. The number of sulfone groups is 1. The predicted molar refractivity (Wildman–Crippen MR) is 104 cm³/mol. The normalized spacial score (nSPS) is 11.2. The van der Waals surface area contributed by atoms with Crippen LogP contribution in [0.2, 0.25) is 0 Å². The summed E-state index contributed by atoms with van der Waals surface area (Å²) in [7, 11) is -3.56. The van der Waals surface area contributed by atoms with Gasteiger partial charge in [0.1, 0.15) is 12.0 Å². The molecule has 4 nitrogen and oxygen atoms in total. The monoisotopic (exact) mass is 396 g/mol. The molecule has 2 aromatic carbocycles. The van der Waals surface area contributed by atoms with Gasteiger partial charge < -0.3 is 9.53 Å². The Labute approximate surface area is 158 Å². The Hall–Kier alpha value is -1.44. The molecule has 2 aromatic rings. The molecule has 0 radical (unpaired) electrons. The van der Waals surface area contributed by atoms with Crippen LogP contribution in [0.3, 0.4) is 0 Å². The molecule has 7 heteroatoms. The Morgan fingerprint density at radius 3 is 2.16 bits per heavy atom. The van der Waals surface area contributed by atoms with E-state index in [9.17, 15) is 13.2 Å². The second kappa shape index (κ2) is 9.89. The summed E-state index contributed by atoms with van der Waals surface area (Å²) < 4.78 is 30.9. The molecule has 0 saturated carbocycles. The summed E-state index contributed by atoms with van der Waals surface area (Å²) in [6, 6.07) is 13.1. The van der Waals surface area contributed by atoms with E-state index in [-0.39, 0.29) is 9.79 Å². The van der Waals surface area contributed by atoms with Crippen LogP contribution in [0.5, 0.6) is 5.75 Å². The van der Waals surface area contributed by atoms with Crippen molar-refractivity contribution in [2.24, 2.45) is 0 Å². The van der Waals surface area contributed by atoms with E-state index >= 15 is 0 Å². The highest BCUT2D eigenvalue weighted by Crippen LogP contribution is 2.26. The van der Waals surface area contributed by atoms with E-state index < -0.39 is 9.84 Å². The Morgan fingerprint density at radius 1 is 1.00 bits per heavy atom. The molecule has 2 rings (SSSR count). The molecule has 134 valence electrons. The topological polar surface area (TPSA) is 60.4 Å². The summed E-state index contributed by atoms with van der Waals surface area (Å²) in [4.78, 5) is 11.7. The van der Waals surface area contributed by atoms with Gasteiger partial charge in [0.15, 0.2) is 0 Å². The summed E-state index contributed by atoms with van der Waals surface area (Å²) in [6.07, 6.45) is 2.19. The molecule has 0 heterocycles. The molecular weight excluding hydrogens is 376 g/mol. The molecule has 0 aliphatic carbocycles. The summed E-state index contributed by atoms with van der Waals surface area (Å²) in [5.74, 6) is 2.07. The standard InChI is InChI=1S/C18H20O4S3/c19-11-1-14-24-16-5-9-18(10-6-16)25(20,21)17-7-3-15(4-8-17)22-12-2-13-23/h3-11,23H,1-2,12-14H2. The van der Waals surface area contributed by atoms with E-state index in [1.54, 1.807) is 48.5 Å². The van der Waals surface area contributed by atoms with E-state index in [1.165, 1.54) is 11.8 Å². The van der Waals surface area contributed by atoms with Crippen molar-refractivity contribution < 1.29 is 17.9 Å². The molecule has 0 fully saturated rings. The van der Waals surface area contributed by atoms with Crippen LogP contribution in [-0.2, 0) is 14.6 Å². The molecule has 0 aromatic heterocycles. The number of rotatable bonds is 10. The Morgan fingerprint density at radius 2 is 1.60 bits per heavy atom. The minimum absolute atomic E-state index is 0.232. The van der Waals surface area contributed by atoms with Gasteiger partial charge in [-0.15, -0.1) is 11.8 Å². The third kappa shape index (κ3) is 5.80. The van der Waals surface area contributed by atoms with E-state index in [1.807, 2.05) is 0 Å². The van der Waals surface area contributed by atoms with Crippen molar-refractivity contribution in [1.82, 2.24) is 0 Å². The lowest BCUT2D eigenvalue weighted by Crippen LogP contribution is -2.02. The fourth-order valence-corrected chi connectivity index (χ4v) is 4.21. The van der Waals surface area contributed by atoms with E-state index in [0.717, 1.165) is 23.4 Å². The van der Waals surface area contributed by atoms with Gasteiger partial charge in [-0.25, -0.2) is 8.42 Å². The lowest BCUT2D eigenvalue weighted by Gasteiger charge is -2.08. The molecule has 0 amide bonds. The van der Waals surface area contributed by atoms with Crippen LogP contribution >= 0.6 is 24.4 Å². The van der Waals surface area contributed by atoms with Gasteiger partial charge >= 0.3 is 0 Å². The zero-order valence-corrected chi connectivity index (χ0v) is 16.2. The molecular formula is C18H20O4S3. The Balaban J connectivity index is 2.08. The van der Waals surface area contributed by atoms with Gasteiger partial charge in [0.2, 0.25) is 9.84 Å². The first-order chi connectivity index (χ1) is 12.1. The fraction of sp³-hybridized carbons (Fsp3) is 0.278. The van der Waals surface area contributed by atoms with E-state index in [0.29, 0.717) is 24.5 Å². The zero-order valence-electron chi connectivity index (χ0n) is 13.6. The average Bonchev–Trinajstić information content (AvgIpc) is 2.63. The summed E-state index contributed by atoms with van der Waals surface area (Å²) in [5, 5.41) is 0. The number of carbonyl (C=O) groups is 1. The number of benzene rings is 2. The fourth-order valence-electron chi connectivity index (χ4n) is 2.05. The maximum Gasteiger partial charge on any atom is 0.206 e. The zero-order chi connectivity index (χ0) is 18.1. The van der Waals surface area contributed by atoms with Crippen LogP contribution in [0, 0.1) is 0 Å². The highest BCUT2D eigenvalue weighted by molar-refractivity contribution is 7.99. The van der Waals surface area contributed by atoms with Crippen LogP contribution in [0.15, 0.2) is 63.2 Å². The van der Waals surface area contributed by atoms with Crippen LogP contribution < -0.4 is 4.74 Å². The predicted octanol–water partition coefficient (Wildman–Crippen LogP) is 3.90. The van der Waals surface area contributed by atoms with Gasteiger partial charge in [-0.2, -0.15) is 12.6 Å². The van der Waals surface area contributed by atoms with Crippen molar-refractivity contribution in [3.05, 3.63) is 48.5 Å². The molecule has 0 aliphatic rings. The maximum atomic E-state index is 12.7. The number of hydrogen-bond donors (Lipinski definition) is 1. The molecule has 0 spiro atoms. The molecule has 0 saturated heterocycles. The quantitative estimate of drug-likeness (QED) is 0.286. The minimum Gasteiger partial charge on any atom is -0.494 e. The number of hydrogen-bond acceptors (Lipinski definition) is 6. The number of thiol groups is 1. The lowest BCUT2D eigenvalue weighted by molar-refractivity contribution is -0.107. The van der Waals surface area contributed by atoms with Gasteiger partial charge in [0.05, 0.1) is 16.4 Å². The molecule has 0 N–H and O–H groups in total. The smallest absolute Gasteiger partial charge is 0.206 e. The molecule has 25 heavy (non-hydrogen) atoms. The van der Waals surface area contributed by atoms with Crippen LogP contribution in [0.25, 0.3) is 0 Å². The van der Waals surface area contributed by atoms with Crippen molar-refractivity contribution in [1.29, 1.82) is 0 Å². The Bertz CT molecular complexity index is 769. The first kappa shape index (κ1) is 19.9. The van der Waals surface area contributed by atoms with Crippen LogP contribution in [-0.4, -0.2) is 32.8 Å². The number of aldehydes is 1. The van der Waals surface area contributed by atoms with E-state index in [2.05, 4.69) is 12.6 Å². The molecule has 0 atom stereocenters. The number of carbonyl (C=O) groups excluding carboxylic acids is 1. The van der Waals surface area contributed by atoms with Gasteiger partial charge in [-0.05, 0) is 60.7 Å². The third-order valence-corrected chi connectivity index (χ3v) is 6.49. The van der Waals surface area contributed by atoms with Crippen molar-refractivity contribution >= 4 is 40.5 Å². The summed E-state index contributed by atoms with van der Waals surface area (Å²) in [5.41, 5.74) is 0. The van der Waals surface area contributed by atoms with Gasteiger partial charge in [-0.3, -0.25) is 0 Å². The van der Waals surface area contributed by atoms with Crippen molar-refractivity contribution in [3.8, 4) is 5.75 Å². The average molecular weight is 397 g/mol. The second-order valence-electron chi connectivity index (χ2n) is 5.18. The highest BCUT2D eigenvalue weighted by Gasteiger charge is 2.17. The minimum atomic E-state index is -3.56. The van der Waals surface area contributed by atoms with Crippen molar-refractivity contribution in [3.63, 3.8) is 0 Å². The summed E-state index contributed by atoms with van der Waals surface area (Å²) in [6.45, 7) is 0.554. The van der Waals surface area contributed by atoms with Gasteiger partial charge in [0, 0.05) is 17.1 Å².